The van der Waals surface area contributed by atoms with Crippen LogP contribution in [0.5, 0.6) is 0 Å². The molecule has 0 fully saturated rings. The summed E-state index contributed by atoms with van der Waals surface area (Å²) < 4.78 is 0. The first-order valence-electron chi connectivity index (χ1n) is 7.21. The Morgan fingerprint density at radius 2 is 1.48 bits per heavy atom. The quantitative estimate of drug-likeness (QED) is 0.517. The molecule has 0 nitrogen and oxygen atoms in total. The molecule has 0 heterocycles. The molecule has 2 heteroatoms. The minimum Gasteiger partial charge on any atom is -0.0840 e. The highest BCUT2D eigenvalue weighted by atomic mass is 79.9. The van der Waals surface area contributed by atoms with Crippen molar-refractivity contribution in [3.8, 4) is 0 Å². The van der Waals surface area contributed by atoms with Gasteiger partial charge in [0.05, 0.1) is 4.83 Å². The minimum absolute atomic E-state index is 0.123. The van der Waals surface area contributed by atoms with Crippen LogP contribution in [0.4, 0.5) is 0 Å². The van der Waals surface area contributed by atoms with Gasteiger partial charge in [-0.05, 0) is 53.1 Å². The minimum atomic E-state index is 0.123. The standard InChI is InChI=1S/C19H22BrCl/c1-12-10-16(17(21)11-13(12)2)18(20)14-6-8-15(9-7-14)19(3,4)5/h6-11,18H,1-5H3. The topological polar surface area (TPSA) is 0 Å². The predicted molar refractivity (Wildman–Crippen MR) is 96.8 cm³/mol. The van der Waals surface area contributed by atoms with E-state index in [1.165, 1.54) is 22.3 Å². The Bertz CT molecular complexity index is 636. The molecule has 0 aliphatic heterocycles. The number of hydrogen-bond donors (Lipinski definition) is 0. The summed E-state index contributed by atoms with van der Waals surface area (Å²) in [6.45, 7) is 10.9. The van der Waals surface area contributed by atoms with Crippen LogP contribution in [0.25, 0.3) is 0 Å². The molecule has 0 saturated carbocycles. The lowest BCUT2D eigenvalue weighted by molar-refractivity contribution is 0.590. The first-order valence-corrected chi connectivity index (χ1v) is 8.50. The number of halogens is 2. The average molecular weight is 366 g/mol. The molecule has 2 aromatic carbocycles. The van der Waals surface area contributed by atoms with Gasteiger partial charge in [-0.25, -0.2) is 0 Å². The molecule has 0 radical (unpaired) electrons. The third kappa shape index (κ3) is 3.70. The number of alkyl halides is 1. The maximum Gasteiger partial charge on any atom is 0.0659 e. The lowest BCUT2D eigenvalue weighted by atomic mass is 9.86. The Hall–Kier alpha value is -0.790. The van der Waals surface area contributed by atoms with Gasteiger partial charge in [0.1, 0.15) is 0 Å². The van der Waals surface area contributed by atoms with Crippen LogP contribution in [0.2, 0.25) is 5.02 Å². The van der Waals surface area contributed by atoms with Gasteiger partial charge in [-0.1, -0.05) is 78.6 Å². The van der Waals surface area contributed by atoms with Crippen molar-refractivity contribution >= 4 is 27.5 Å². The van der Waals surface area contributed by atoms with Crippen molar-refractivity contribution in [3.63, 3.8) is 0 Å². The first-order chi connectivity index (χ1) is 9.70. The van der Waals surface area contributed by atoms with E-state index in [-0.39, 0.29) is 10.2 Å². The van der Waals surface area contributed by atoms with E-state index in [9.17, 15) is 0 Å². The largest absolute Gasteiger partial charge is 0.0840 e. The second-order valence-electron chi connectivity index (χ2n) is 6.69. The molecule has 2 aromatic rings. The van der Waals surface area contributed by atoms with Crippen molar-refractivity contribution in [2.75, 3.05) is 0 Å². The van der Waals surface area contributed by atoms with E-state index in [2.05, 4.69) is 80.9 Å². The molecule has 0 N–H and O–H groups in total. The monoisotopic (exact) mass is 364 g/mol. The molecule has 0 saturated heterocycles. The van der Waals surface area contributed by atoms with Crippen LogP contribution in [0, 0.1) is 13.8 Å². The van der Waals surface area contributed by atoms with Gasteiger partial charge in [-0.3, -0.25) is 0 Å². The van der Waals surface area contributed by atoms with E-state index in [1.807, 2.05) is 6.07 Å². The maximum atomic E-state index is 6.42. The van der Waals surface area contributed by atoms with Crippen LogP contribution in [0.1, 0.15) is 53.4 Å². The van der Waals surface area contributed by atoms with Gasteiger partial charge in [0.2, 0.25) is 0 Å². The highest BCUT2D eigenvalue weighted by Crippen LogP contribution is 2.37. The molecular formula is C19H22BrCl. The van der Waals surface area contributed by atoms with Crippen LogP contribution >= 0.6 is 27.5 Å². The third-order valence-corrected chi connectivity index (χ3v) is 5.30. The van der Waals surface area contributed by atoms with Crippen LogP contribution in [-0.2, 0) is 5.41 Å². The summed E-state index contributed by atoms with van der Waals surface area (Å²) in [6.07, 6.45) is 0. The van der Waals surface area contributed by atoms with Gasteiger partial charge in [0, 0.05) is 5.02 Å². The predicted octanol–water partition coefficient (Wildman–Crippen LogP) is 6.74. The van der Waals surface area contributed by atoms with E-state index in [0.29, 0.717) is 0 Å². The summed E-state index contributed by atoms with van der Waals surface area (Å²) in [4.78, 5) is 0.123. The molecule has 0 aromatic heterocycles. The highest BCUT2D eigenvalue weighted by molar-refractivity contribution is 9.09. The Kier molecular flexibility index (Phi) is 4.85. The third-order valence-electron chi connectivity index (χ3n) is 3.96. The zero-order valence-corrected chi connectivity index (χ0v) is 15.6. The van der Waals surface area contributed by atoms with Gasteiger partial charge in [0.15, 0.2) is 0 Å². The smallest absolute Gasteiger partial charge is 0.0659 e. The summed E-state index contributed by atoms with van der Waals surface area (Å²) in [5.74, 6) is 0. The van der Waals surface area contributed by atoms with E-state index in [1.54, 1.807) is 0 Å². The molecule has 0 spiro atoms. The van der Waals surface area contributed by atoms with Crippen LogP contribution < -0.4 is 0 Å². The van der Waals surface area contributed by atoms with Crippen molar-refractivity contribution < 1.29 is 0 Å². The fourth-order valence-corrected chi connectivity index (χ4v) is 3.47. The lowest BCUT2D eigenvalue weighted by Crippen LogP contribution is -2.10. The molecule has 0 aliphatic carbocycles. The van der Waals surface area contributed by atoms with Crippen molar-refractivity contribution in [3.05, 3.63) is 69.2 Å². The number of hydrogen-bond acceptors (Lipinski definition) is 0. The summed E-state index contributed by atoms with van der Waals surface area (Å²) in [5, 5.41) is 0.819. The van der Waals surface area contributed by atoms with Crippen molar-refractivity contribution in [1.82, 2.24) is 0 Å². The second kappa shape index (κ2) is 6.14. The Morgan fingerprint density at radius 1 is 0.952 bits per heavy atom. The van der Waals surface area contributed by atoms with E-state index >= 15 is 0 Å². The molecule has 1 unspecified atom stereocenters. The van der Waals surface area contributed by atoms with Gasteiger partial charge in [-0.2, -0.15) is 0 Å². The van der Waals surface area contributed by atoms with Gasteiger partial charge in [-0.15, -0.1) is 0 Å². The van der Waals surface area contributed by atoms with Crippen LogP contribution in [0.3, 0.4) is 0 Å². The molecule has 1 atom stereocenters. The summed E-state index contributed by atoms with van der Waals surface area (Å²) in [7, 11) is 0. The van der Waals surface area contributed by atoms with Gasteiger partial charge >= 0.3 is 0 Å². The average Bonchev–Trinajstić information content (AvgIpc) is 2.41. The normalized spacial score (nSPS) is 13.3. The number of rotatable bonds is 2. The van der Waals surface area contributed by atoms with Crippen molar-refractivity contribution in [2.45, 2.75) is 44.9 Å². The Morgan fingerprint density at radius 3 is 2.00 bits per heavy atom. The Labute approximate surface area is 141 Å². The summed E-state index contributed by atoms with van der Waals surface area (Å²) in [5.41, 5.74) is 6.38. The maximum absolute atomic E-state index is 6.42. The zero-order chi connectivity index (χ0) is 15.8. The van der Waals surface area contributed by atoms with E-state index in [0.717, 1.165) is 10.6 Å². The van der Waals surface area contributed by atoms with Gasteiger partial charge in [0.25, 0.3) is 0 Å². The van der Waals surface area contributed by atoms with Crippen LogP contribution in [0.15, 0.2) is 36.4 Å². The van der Waals surface area contributed by atoms with Crippen molar-refractivity contribution in [1.29, 1.82) is 0 Å². The molecule has 0 amide bonds. The molecule has 21 heavy (non-hydrogen) atoms. The van der Waals surface area contributed by atoms with E-state index < -0.39 is 0 Å². The zero-order valence-electron chi connectivity index (χ0n) is 13.3. The molecule has 2 rings (SSSR count). The highest BCUT2D eigenvalue weighted by Gasteiger charge is 2.17. The molecule has 0 aliphatic rings. The fraction of sp³-hybridized carbons (Fsp3) is 0.368. The Balaban J connectivity index is 2.36. The SMILES string of the molecule is Cc1cc(Cl)c(C(Br)c2ccc(C(C)(C)C)cc2)cc1C. The fourth-order valence-electron chi connectivity index (χ4n) is 2.33. The first kappa shape index (κ1) is 16.6. The second-order valence-corrected chi connectivity index (χ2v) is 8.02. The molecular weight excluding hydrogens is 344 g/mol. The lowest BCUT2D eigenvalue weighted by Gasteiger charge is -2.20. The van der Waals surface area contributed by atoms with E-state index in [4.69, 9.17) is 11.6 Å². The summed E-state index contributed by atoms with van der Waals surface area (Å²) in [6, 6.07) is 13.0. The summed E-state index contributed by atoms with van der Waals surface area (Å²) >= 11 is 10.2. The van der Waals surface area contributed by atoms with Crippen molar-refractivity contribution in [2.24, 2.45) is 0 Å². The molecule has 112 valence electrons. The molecule has 0 bridgehead atoms. The van der Waals surface area contributed by atoms with Crippen LogP contribution in [-0.4, -0.2) is 0 Å². The number of aryl methyl sites for hydroxylation is 2. The van der Waals surface area contributed by atoms with Gasteiger partial charge < -0.3 is 0 Å². The number of benzene rings is 2.